The van der Waals surface area contributed by atoms with Gasteiger partial charge in [-0.15, -0.1) is 0 Å². The fraction of sp³-hybridized carbons (Fsp3) is 0.400. The zero-order valence-corrected chi connectivity index (χ0v) is 168. The first-order chi connectivity index (χ1) is 28.6. The molecule has 43 heteroatoms. The van der Waals surface area contributed by atoms with Crippen LogP contribution in [0, 0.1) is 0 Å². The van der Waals surface area contributed by atoms with Crippen molar-refractivity contribution in [3.8, 4) is 0 Å². The maximum absolute atomic E-state index is 11.6. The number of carboxylic acids is 1. The van der Waals surface area contributed by atoms with Crippen molar-refractivity contribution in [3.05, 3.63) is 36.2 Å². The van der Waals surface area contributed by atoms with Gasteiger partial charge < -0.3 is 10.8 Å². The van der Waals surface area contributed by atoms with Crippen LogP contribution in [-0.2, 0) is 9.59 Å². The van der Waals surface area contributed by atoms with Gasteiger partial charge in [0.2, 0.25) is 0 Å². The van der Waals surface area contributed by atoms with Gasteiger partial charge in [-0.1, -0.05) is 18.9 Å². The number of nitrogens with two attached hydrogens (primary N) is 1. The molecule has 58 heavy (non-hydrogen) atoms. The van der Waals surface area contributed by atoms with E-state index in [4.69, 9.17) is 10.8 Å². The van der Waals surface area contributed by atoms with Gasteiger partial charge in [-0.2, -0.15) is 0 Å². The van der Waals surface area contributed by atoms with Crippen LogP contribution in [0.1, 0.15) is 37.7 Å². The monoisotopic (exact) mass is 1760 g/mol. The first-order valence-corrected chi connectivity index (χ1v) is 330. The fourth-order valence-electron chi connectivity index (χ4n) is 1.71. The summed E-state index contributed by atoms with van der Waals surface area (Å²) in [5, 5.41) is 8.61. The molecule has 0 bridgehead atoms. The Morgan fingerprint density at radius 1 is 0.500 bits per heavy atom. The number of aliphatic carboxylic acids is 1. The maximum atomic E-state index is 11.6. The van der Waals surface area contributed by atoms with Gasteiger partial charge in [-0.25, -0.2) is 0 Å². The van der Waals surface area contributed by atoms with Crippen molar-refractivity contribution in [1.29, 1.82) is 0 Å². The summed E-state index contributed by atoms with van der Waals surface area (Å²) >= 11 is 47.5. The molecule has 1 heterocycles. The van der Waals surface area contributed by atoms with Crippen molar-refractivity contribution in [2.45, 2.75) is 38.1 Å². The summed E-state index contributed by atoms with van der Waals surface area (Å²) in [5.74, 6) is -0.906. The first-order valence-electron chi connectivity index (χ1n) is 25.7. The molecule has 146 valence electrons. The number of unbranched alkanes of at least 4 members (excludes halogenated alkanes) is 2. The van der Waals surface area contributed by atoms with E-state index in [-0.39, 0.29) is 5.78 Å². The van der Waals surface area contributed by atoms with Crippen molar-refractivity contribution < 1.29 is 14.7 Å². The Balaban J connectivity index is -0.0000000199. The third kappa shape index (κ3) is 212. The number of hydrogen-bond acceptors (Lipinski definition) is 4. The molecule has 5 nitrogen and oxygen atoms in total. The van der Waals surface area contributed by atoms with E-state index in [1.165, 1.54) is 1200 Å². The van der Waals surface area contributed by atoms with E-state index in [1.54, 1.807) is 24.5 Å². The third-order valence-corrected chi connectivity index (χ3v) is 2.90. The van der Waals surface area contributed by atoms with Gasteiger partial charge >= 0.3 is 1210 Å². The van der Waals surface area contributed by atoms with E-state index in [1.807, 2.05) is 12.1 Å². The van der Waals surface area contributed by atoms with Crippen LogP contribution < -0.4 is 5.73 Å². The molecule has 0 spiro atoms. The summed E-state index contributed by atoms with van der Waals surface area (Å²) in [4.78, 5) is 26.1. The summed E-state index contributed by atoms with van der Waals surface area (Å²) in [6.45, 7) is 0. The number of nitrogens with zero attached hydrogens (tertiary/aromatic N) is 1. The molecule has 1 atom stereocenters. The number of carbonyl (C=O) groups is 2. The molecule has 1 aromatic rings. The zero-order chi connectivity index (χ0) is 52.8. The van der Waals surface area contributed by atoms with Crippen LogP contribution in [0.25, 0.3) is 6.08 Å². The normalized spacial score (nSPS) is 6.91. The van der Waals surface area contributed by atoms with Crippen LogP contribution in [0.3, 0.4) is 0 Å². The Morgan fingerprint density at radius 2 is 0.776 bits per heavy atom. The van der Waals surface area contributed by atoms with Crippen molar-refractivity contribution in [3.63, 3.8) is 0 Å². The molecule has 0 saturated carbocycles. The Hall–Kier alpha value is 60.2. The van der Waals surface area contributed by atoms with Crippen molar-refractivity contribution in [1.82, 2.24) is 4.98 Å². The molecular formula is C15H20K38N2O3. The van der Waals surface area contributed by atoms with E-state index in [0.717, 1.165) is 24.8 Å². The molecule has 0 aliphatic rings. The van der Waals surface area contributed by atoms with Gasteiger partial charge in [0.25, 0.3) is 0 Å². The van der Waals surface area contributed by atoms with Crippen LogP contribution in [0.4, 0.5) is 0 Å². The Morgan fingerprint density at radius 3 is 1.00 bits per heavy atom. The molecule has 0 fully saturated rings. The molecule has 0 radical (unpaired) electrons. The molecule has 1 aromatic heterocycles. The Kier molecular flexibility index (Phi) is 635. The quantitative estimate of drug-likeness (QED) is 0.146. The second-order valence-electron chi connectivity index (χ2n) is 4.63. The van der Waals surface area contributed by atoms with Crippen LogP contribution in [0.5, 0.6) is 0 Å². The molecule has 0 aliphatic heterocycles. The third-order valence-electron chi connectivity index (χ3n) is 2.90. The Bertz CT molecular complexity index is 511. The predicted octanol–water partition coefficient (Wildman–Crippen LogP) is -12.4. The first kappa shape index (κ1) is 165. The molecule has 0 saturated heterocycles. The van der Waals surface area contributed by atoms with Crippen LogP contribution in [0.2, 0.25) is 0 Å². The van der Waals surface area contributed by atoms with E-state index >= 15 is 0 Å². The number of carbonyl (C=O) groups excluding carboxylic acids is 1. The standard InChI is InChI=1S/C15H20N2O3.38K/c16-14(15(19)20)7-3-1-2-6-13(18)9-8-12-5-4-10-17-11-12;;;;;;;;;;;;;;;;;;;;;;;;;;;;;;;;;;;;;;/h4-5,8-11,14H,1-3,6-7,16H2,(H,19,20);;;;;;;;;;;;;;;;;;;;;;;;;;;;;;;;;;;;;;/b9-8+;;;;;;;;;;;;;;;;;;;;;;;;;;;;;;;;;;;;;;/t14-;;;;;;;;;;;;;;;;;;;;;;;;;;;;;;;;;;;;;;/m0....................................../s1. The fourth-order valence-corrected chi connectivity index (χ4v) is 1.71. The van der Waals surface area contributed by atoms with E-state index < -0.39 is 12.0 Å². The summed E-state index contributed by atoms with van der Waals surface area (Å²) in [6.07, 6.45) is 9.89. The summed E-state index contributed by atoms with van der Waals surface area (Å²) in [5.41, 5.74) is 6.28. The Labute approximate surface area is 1220 Å². The molecule has 0 aliphatic carbocycles. The summed E-state index contributed by atoms with van der Waals surface area (Å²) in [6, 6.07) is 2.90. The molecule has 0 aromatic carbocycles. The number of hydrogen-bond donors (Lipinski definition) is 2. The summed E-state index contributed by atoms with van der Waals surface area (Å²) in [7, 11) is 0. The molecular weight excluding hydrogens is 1740 g/mol. The van der Waals surface area contributed by atoms with Gasteiger partial charge in [0.1, 0.15) is 6.04 Å². The number of rotatable bonds is 9. The summed E-state index contributed by atoms with van der Waals surface area (Å²) < 4.78 is 0. The van der Waals surface area contributed by atoms with Gasteiger partial charge in [-0.05, 0) is 36.6 Å². The minimum absolute atomic E-state index is 0.0661. The minimum atomic E-state index is -0.972. The van der Waals surface area contributed by atoms with E-state index in [2.05, 4.69) is 4.98 Å². The predicted molar refractivity (Wildman–Crippen MR) is 296 cm³/mol. The molecule has 0 amide bonds. The van der Waals surface area contributed by atoms with Gasteiger partial charge in [0, 0.05) is 18.8 Å². The SMILES string of the molecule is N[C@@H](CCCCCC(=O)/C=C/c1cccnc1)C(=O)O.[K][K].[K][K].[K][K].[K][K].[K][K].[K][K].[K][K].[K][K].[K][K].[K][K].[K][K].[K][K].[K][K].[K][K].[K][K].[K][K].[K][K].[K][K].[K][K]. The zero-order valence-electron chi connectivity index (χ0n) is 49.4. The number of ketones is 1. The number of allylic oxidation sites excluding steroid dienone is 1. The van der Waals surface area contributed by atoms with E-state index in [9.17, 15) is 9.59 Å². The van der Waals surface area contributed by atoms with Gasteiger partial charge in [0.05, 0.1) is 0 Å². The van der Waals surface area contributed by atoms with Crippen LogP contribution >= 0.6 is 0 Å². The van der Waals surface area contributed by atoms with Crippen LogP contribution in [0.15, 0.2) is 30.6 Å². The number of pyridine rings is 1. The van der Waals surface area contributed by atoms with Crippen molar-refractivity contribution in [2.24, 2.45) is 5.73 Å². The topological polar surface area (TPSA) is 93.3 Å². The molecule has 0 unspecified atom stereocenters. The molecule has 1 rings (SSSR count). The van der Waals surface area contributed by atoms with Crippen LogP contribution in [-0.4, -0.2) is 1230 Å². The molecule has 3 N–H and O–H groups in total. The second-order valence-corrected chi connectivity index (χ2v) is 4.63. The number of aromatic nitrogens is 1. The van der Waals surface area contributed by atoms with E-state index in [0.29, 0.717) is 12.8 Å². The average molecular weight is 1760 g/mol. The van der Waals surface area contributed by atoms with Crippen molar-refractivity contribution >= 4 is 1220 Å². The van der Waals surface area contributed by atoms with Crippen molar-refractivity contribution in [2.75, 3.05) is 0 Å². The number of carboxylic acid groups (broad SMARTS) is 1. The average Bonchev–Trinajstić information content (AvgIpc) is 3.40. The van der Waals surface area contributed by atoms with Gasteiger partial charge in [0.15, 0.2) is 5.78 Å². The van der Waals surface area contributed by atoms with Gasteiger partial charge in [-0.3, -0.25) is 14.6 Å². The second kappa shape index (κ2) is 223.